The summed E-state index contributed by atoms with van der Waals surface area (Å²) in [4.78, 5) is 19.0. The average molecular weight is 408 g/mol. The molecule has 2 fully saturated rings. The number of rotatable bonds is 6. The lowest BCUT2D eigenvalue weighted by atomic mass is 10.0. The molecule has 9 nitrogen and oxygen atoms in total. The highest BCUT2D eigenvalue weighted by Gasteiger charge is 2.31. The second-order valence-electron chi connectivity index (χ2n) is 7.95. The zero-order valence-corrected chi connectivity index (χ0v) is 16.8. The predicted octanol–water partition coefficient (Wildman–Crippen LogP) is 2.84. The third kappa shape index (κ3) is 3.92. The van der Waals surface area contributed by atoms with E-state index in [1.165, 1.54) is 0 Å². The molecule has 0 bridgehead atoms. The van der Waals surface area contributed by atoms with Gasteiger partial charge in [0, 0.05) is 19.0 Å². The Hall–Kier alpha value is -3.23. The molecule has 0 N–H and O–H groups in total. The molecule has 9 heteroatoms. The van der Waals surface area contributed by atoms with Gasteiger partial charge >= 0.3 is 0 Å². The molecular formula is C21H24N6O3. The molecule has 156 valence electrons. The highest BCUT2D eigenvalue weighted by Crippen LogP contribution is 2.38. The first-order valence-electron chi connectivity index (χ1n) is 10.4. The van der Waals surface area contributed by atoms with Crippen molar-refractivity contribution in [1.29, 1.82) is 0 Å². The van der Waals surface area contributed by atoms with E-state index < -0.39 is 6.10 Å². The van der Waals surface area contributed by atoms with Crippen LogP contribution in [-0.4, -0.2) is 55.1 Å². The molecule has 3 heterocycles. The van der Waals surface area contributed by atoms with Gasteiger partial charge in [0.05, 0.1) is 12.2 Å². The molecule has 30 heavy (non-hydrogen) atoms. The van der Waals surface area contributed by atoms with Crippen molar-refractivity contribution < 1.29 is 14.1 Å². The van der Waals surface area contributed by atoms with Crippen LogP contribution >= 0.6 is 0 Å². The van der Waals surface area contributed by atoms with E-state index in [9.17, 15) is 4.79 Å². The van der Waals surface area contributed by atoms with Crippen molar-refractivity contribution >= 4 is 5.91 Å². The van der Waals surface area contributed by atoms with Gasteiger partial charge in [0.25, 0.3) is 11.8 Å². The Bertz CT molecular complexity index is 1000. The summed E-state index contributed by atoms with van der Waals surface area (Å²) < 4.78 is 13.0. The van der Waals surface area contributed by atoms with Crippen LogP contribution in [0.1, 0.15) is 50.4 Å². The standard InChI is InChI=1S/C21H24N6O3/c1-14(29-17-5-3-2-4-6-17)21(28)26-11-9-16(10-12-26)27-13-18(23-25-27)20-22-19(24-30-20)15-7-8-15/h2-6,13-16H,7-12H2,1H3/t14-/m0/s1. The quantitative estimate of drug-likeness (QED) is 0.618. The molecule has 1 saturated heterocycles. The lowest BCUT2D eigenvalue weighted by molar-refractivity contribution is -0.139. The molecule has 1 amide bonds. The van der Waals surface area contributed by atoms with E-state index in [0.717, 1.165) is 31.5 Å². The van der Waals surface area contributed by atoms with Crippen LogP contribution in [0.25, 0.3) is 11.6 Å². The van der Waals surface area contributed by atoms with Crippen LogP contribution in [0.2, 0.25) is 0 Å². The SMILES string of the molecule is C[C@H](Oc1ccccc1)C(=O)N1CCC(n2cc(-c3nc(C4CC4)no3)nn2)CC1. The molecule has 1 aliphatic heterocycles. The number of amides is 1. The van der Waals surface area contributed by atoms with Crippen molar-refractivity contribution in [2.24, 2.45) is 0 Å². The van der Waals surface area contributed by atoms with Gasteiger partial charge < -0.3 is 14.2 Å². The minimum Gasteiger partial charge on any atom is -0.481 e. The normalized spacial score (nSPS) is 18.4. The summed E-state index contributed by atoms with van der Waals surface area (Å²) in [5, 5.41) is 12.5. The topological polar surface area (TPSA) is 99.2 Å². The Kier molecular flexibility index (Phi) is 4.94. The van der Waals surface area contributed by atoms with E-state index in [1.807, 2.05) is 46.1 Å². The van der Waals surface area contributed by atoms with Gasteiger partial charge in [-0.2, -0.15) is 4.98 Å². The largest absolute Gasteiger partial charge is 0.481 e. The van der Waals surface area contributed by atoms with Crippen LogP contribution in [-0.2, 0) is 4.79 Å². The Morgan fingerprint density at radius 3 is 2.67 bits per heavy atom. The Morgan fingerprint density at radius 1 is 1.17 bits per heavy atom. The number of hydrogen-bond acceptors (Lipinski definition) is 7. The van der Waals surface area contributed by atoms with Gasteiger partial charge in [-0.05, 0) is 44.7 Å². The molecule has 1 saturated carbocycles. The molecule has 2 aromatic heterocycles. The summed E-state index contributed by atoms with van der Waals surface area (Å²) in [6, 6.07) is 9.61. The van der Waals surface area contributed by atoms with Gasteiger partial charge in [0.15, 0.2) is 17.6 Å². The number of para-hydroxylation sites is 1. The van der Waals surface area contributed by atoms with E-state index in [-0.39, 0.29) is 11.9 Å². The van der Waals surface area contributed by atoms with Crippen molar-refractivity contribution in [3.8, 4) is 17.3 Å². The molecule has 1 aromatic carbocycles. The van der Waals surface area contributed by atoms with Crippen LogP contribution in [0.5, 0.6) is 5.75 Å². The van der Waals surface area contributed by atoms with Gasteiger partial charge in [-0.3, -0.25) is 4.79 Å². The van der Waals surface area contributed by atoms with Gasteiger partial charge in [0.1, 0.15) is 5.75 Å². The molecule has 3 aromatic rings. The van der Waals surface area contributed by atoms with E-state index in [2.05, 4.69) is 20.5 Å². The maximum absolute atomic E-state index is 12.7. The Morgan fingerprint density at radius 2 is 1.93 bits per heavy atom. The van der Waals surface area contributed by atoms with E-state index in [4.69, 9.17) is 9.26 Å². The number of carbonyl (C=O) groups is 1. The predicted molar refractivity (Wildman–Crippen MR) is 107 cm³/mol. The van der Waals surface area contributed by atoms with Crippen LogP contribution in [0, 0.1) is 0 Å². The van der Waals surface area contributed by atoms with E-state index in [1.54, 1.807) is 6.92 Å². The van der Waals surface area contributed by atoms with Crippen LogP contribution < -0.4 is 4.74 Å². The summed E-state index contributed by atoms with van der Waals surface area (Å²) in [5.41, 5.74) is 0.595. The number of ether oxygens (including phenoxy) is 1. The minimum absolute atomic E-state index is 0.00930. The molecule has 1 atom stereocenters. The lowest BCUT2D eigenvalue weighted by Crippen LogP contribution is -2.45. The fraction of sp³-hybridized carbons (Fsp3) is 0.476. The highest BCUT2D eigenvalue weighted by molar-refractivity contribution is 5.81. The second-order valence-corrected chi connectivity index (χ2v) is 7.95. The first-order valence-corrected chi connectivity index (χ1v) is 10.4. The number of aromatic nitrogens is 5. The van der Waals surface area contributed by atoms with Crippen molar-refractivity contribution in [1.82, 2.24) is 30.0 Å². The van der Waals surface area contributed by atoms with Crippen molar-refractivity contribution in [3.63, 3.8) is 0 Å². The molecule has 2 aliphatic rings. The van der Waals surface area contributed by atoms with Crippen molar-refractivity contribution in [3.05, 3.63) is 42.4 Å². The van der Waals surface area contributed by atoms with Crippen LogP contribution in [0.4, 0.5) is 0 Å². The number of likely N-dealkylation sites (tertiary alicyclic amines) is 1. The lowest BCUT2D eigenvalue weighted by Gasteiger charge is -2.33. The molecule has 1 aliphatic carbocycles. The molecule has 0 unspecified atom stereocenters. The molecule has 0 radical (unpaired) electrons. The molecule has 0 spiro atoms. The Labute approximate surface area is 174 Å². The minimum atomic E-state index is -0.514. The fourth-order valence-electron chi connectivity index (χ4n) is 3.76. The number of benzene rings is 1. The summed E-state index contributed by atoms with van der Waals surface area (Å²) in [6.07, 6.45) is 5.21. The monoisotopic (exact) mass is 408 g/mol. The summed E-state index contributed by atoms with van der Waals surface area (Å²) in [6.45, 7) is 3.12. The van der Waals surface area contributed by atoms with Crippen molar-refractivity contribution in [2.45, 2.75) is 50.7 Å². The highest BCUT2D eigenvalue weighted by atomic mass is 16.5. The van der Waals surface area contributed by atoms with Gasteiger partial charge in [-0.1, -0.05) is 28.6 Å². The number of piperidine rings is 1. The number of nitrogens with zero attached hydrogens (tertiary/aromatic N) is 6. The fourth-order valence-corrected chi connectivity index (χ4v) is 3.76. The summed E-state index contributed by atoms with van der Waals surface area (Å²) >= 11 is 0. The van der Waals surface area contributed by atoms with E-state index >= 15 is 0 Å². The maximum atomic E-state index is 12.7. The van der Waals surface area contributed by atoms with Gasteiger partial charge in [-0.25, -0.2) is 4.68 Å². The third-order valence-corrected chi connectivity index (χ3v) is 5.67. The van der Waals surface area contributed by atoms with Gasteiger partial charge in [-0.15, -0.1) is 5.10 Å². The van der Waals surface area contributed by atoms with Crippen LogP contribution in [0.15, 0.2) is 41.1 Å². The zero-order chi connectivity index (χ0) is 20.5. The first kappa shape index (κ1) is 18.8. The smallest absolute Gasteiger partial charge is 0.280 e. The van der Waals surface area contributed by atoms with Gasteiger partial charge in [0.2, 0.25) is 0 Å². The summed E-state index contributed by atoms with van der Waals surface area (Å²) in [5.74, 6) is 2.33. The third-order valence-electron chi connectivity index (χ3n) is 5.67. The summed E-state index contributed by atoms with van der Waals surface area (Å²) in [7, 11) is 0. The van der Waals surface area contributed by atoms with Crippen molar-refractivity contribution in [2.75, 3.05) is 13.1 Å². The van der Waals surface area contributed by atoms with E-state index in [0.29, 0.717) is 36.3 Å². The second kappa shape index (κ2) is 7.89. The number of carbonyl (C=O) groups excluding carboxylic acids is 1. The molecular weight excluding hydrogens is 384 g/mol. The average Bonchev–Trinajstić information content (AvgIpc) is 3.31. The van der Waals surface area contributed by atoms with Crippen LogP contribution in [0.3, 0.4) is 0 Å². The molecule has 5 rings (SSSR count). The first-order chi connectivity index (χ1) is 14.7. The Balaban J connectivity index is 1.17. The zero-order valence-electron chi connectivity index (χ0n) is 16.8. The maximum Gasteiger partial charge on any atom is 0.280 e. The number of hydrogen-bond donors (Lipinski definition) is 0.